The molecular weight excluding hydrogens is 220 g/mol. The minimum Gasteiger partial charge on any atom is -0.477 e. The maximum atomic E-state index is 11.5. The molecule has 0 aliphatic rings. The van der Waals surface area contributed by atoms with Crippen LogP contribution in [-0.2, 0) is 11.3 Å². The van der Waals surface area contributed by atoms with Gasteiger partial charge >= 0.3 is 0 Å². The number of nitrogens with two attached hydrogens (primary N) is 1. The molecule has 3 N–H and O–H groups in total. The molecule has 6 nitrogen and oxygen atoms in total. The Kier molecular flexibility index (Phi) is 5.48. The lowest BCUT2D eigenvalue weighted by Crippen LogP contribution is -2.42. The van der Waals surface area contributed by atoms with Gasteiger partial charge in [-0.05, 0) is 12.8 Å². The molecule has 1 aromatic heterocycles. The molecule has 0 bridgehead atoms. The van der Waals surface area contributed by atoms with Gasteiger partial charge in [0, 0.05) is 6.54 Å². The zero-order valence-corrected chi connectivity index (χ0v) is 10.3. The van der Waals surface area contributed by atoms with Crippen molar-refractivity contribution in [1.29, 1.82) is 0 Å². The number of carbonyl (C=O) groups is 1. The summed E-state index contributed by atoms with van der Waals surface area (Å²) in [4.78, 5) is 11.5. The molecule has 17 heavy (non-hydrogen) atoms. The van der Waals surface area contributed by atoms with E-state index in [-0.39, 0.29) is 5.91 Å². The van der Waals surface area contributed by atoms with Crippen molar-refractivity contribution in [3.05, 3.63) is 12.4 Å². The number of nitrogens with one attached hydrogen (secondary N) is 1. The van der Waals surface area contributed by atoms with Crippen molar-refractivity contribution in [1.82, 2.24) is 15.2 Å². The predicted molar refractivity (Wildman–Crippen MR) is 64.2 cm³/mol. The highest BCUT2D eigenvalue weighted by Gasteiger charge is 2.18. The molecule has 0 aliphatic heterocycles. The number of hydrogen-bond acceptors (Lipinski definition) is 4. The largest absolute Gasteiger partial charge is 0.477 e. The molecule has 1 unspecified atom stereocenters. The Morgan fingerprint density at radius 2 is 2.35 bits per heavy atom. The van der Waals surface area contributed by atoms with Crippen LogP contribution in [0, 0.1) is 0 Å². The molecule has 96 valence electrons. The van der Waals surface area contributed by atoms with E-state index >= 15 is 0 Å². The van der Waals surface area contributed by atoms with Crippen molar-refractivity contribution < 1.29 is 9.53 Å². The smallest absolute Gasteiger partial charge is 0.274 e. The molecular formula is C11H20N4O2. The first-order chi connectivity index (χ1) is 8.21. The third-order valence-electron chi connectivity index (χ3n) is 2.33. The maximum absolute atomic E-state index is 11.5. The Balaban J connectivity index is 2.61. The van der Waals surface area contributed by atoms with E-state index in [1.165, 1.54) is 0 Å². The van der Waals surface area contributed by atoms with Crippen molar-refractivity contribution in [2.75, 3.05) is 0 Å². The summed E-state index contributed by atoms with van der Waals surface area (Å²) in [5.41, 5.74) is 2.11. The van der Waals surface area contributed by atoms with E-state index in [1.54, 1.807) is 17.1 Å². The fourth-order valence-electron chi connectivity index (χ4n) is 1.52. The Bertz CT molecular complexity index is 351. The second-order valence-corrected chi connectivity index (χ2v) is 3.84. The van der Waals surface area contributed by atoms with Crippen LogP contribution in [0.3, 0.4) is 0 Å². The summed E-state index contributed by atoms with van der Waals surface area (Å²) in [5, 5.41) is 4.13. The van der Waals surface area contributed by atoms with Gasteiger partial charge in [0.1, 0.15) is 0 Å². The molecule has 1 amide bonds. The van der Waals surface area contributed by atoms with Gasteiger partial charge < -0.3 is 4.74 Å². The number of rotatable bonds is 7. The first-order valence-corrected chi connectivity index (χ1v) is 5.90. The molecule has 0 saturated carbocycles. The molecule has 0 saturated heterocycles. The van der Waals surface area contributed by atoms with Crippen molar-refractivity contribution in [2.45, 2.75) is 45.8 Å². The molecule has 1 heterocycles. The molecule has 0 aliphatic carbocycles. The fraction of sp³-hybridized carbons (Fsp3) is 0.636. The normalized spacial score (nSPS) is 12.2. The number of hydrazine groups is 1. The third kappa shape index (κ3) is 4.07. The number of aromatic nitrogens is 2. The lowest BCUT2D eigenvalue weighted by molar-refractivity contribution is -0.128. The van der Waals surface area contributed by atoms with Crippen molar-refractivity contribution in [3.63, 3.8) is 0 Å². The Morgan fingerprint density at radius 1 is 1.59 bits per heavy atom. The highest BCUT2D eigenvalue weighted by Crippen LogP contribution is 2.13. The number of amides is 1. The second kappa shape index (κ2) is 6.90. The standard InChI is InChI=1S/C11H20N4O2/c1-3-5-10(11(16)14-12)17-9-7-13-15(8-9)6-4-2/h7-8,10H,3-6,12H2,1-2H3,(H,14,16). The van der Waals surface area contributed by atoms with E-state index in [9.17, 15) is 4.79 Å². The van der Waals surface area contributed by atoms with Gasteiger partial charge in [-0.2, -0.15) is 5.10 Å². The van der Waals surface area contributed by atoms with Gasteiger partial charge in [-0.3, -0.25) is 14.9 Å². The molecule has 0 radical (unpaired) electrons. The quantitative estimate of drug-likeness (QED) is 0.420. The minimum absolute atomic E-state index is 0.310. The number of hydrogen-bond donors (Lipinski definition) is 2. The van der Waals surface area contributed by atoms with E-state index in [0.29, 0.717) is 12.2 Å². The summed E-state index contributed by atoms with van der Waals surface area (Å²) in [5.74, 6) is 5.40. The molecule has 0 spiro atoms. The van der Waals surface area contributed by atoms with Crippen LogP contribution in [0.4, 0.5) is 0 Å². The zero-order chi connectivity index (χ0) is 12.7. The number of nitrogens with zero attached hydrogens (tertiary/aromatic N) is 2. The minimum atomic E-state index is -0.552. The highest BCUT2D eigenvalue weighted by molar-refractivity contribution is 5.80. The van der Waals surface area contributed by atoms with Crippen molar-refractivity contribution in [2.24, 2.45) is 5.84 Å². The van der Waals surface area contributed by atoms with Crippen LogP contribution in [0.5, 0.6) is 5.75 Å². The van der Waals surface area contributed by atoms with Crippen LogP contribution in [-0.4, -0.2) is 21.8 Å². The van der Waals surface area contributed by atoms with Gasteiger partial charge in [0.15, 0.2) is 11.9 Å². The summed E-state index contributed by atoms with van der Waals surface area (Å²) in [6, 6.07) is 0. The summed E-state index contributed by atoms with van der Waals surface area (Å²) < 4.78 is 7.35. The van der Waals surface area contributed by atoms with Crippen molar-refractivity contribution >= 4 is 5.91 Å². The number of carbonyl (C=O) groups excluding carboxylic acids is 1. The second-order valence-electron chi connectivity index (χ2n) is 3.84. The molecule has 6 heteroatoms. The van der Waals surface area contributed by atoms with Crippen LogP contribution in [0.2, 0.25) is 0 Å². The Hall–Kier alpha value is -1.56. The van der Waals surface area contributed by atoms with E-state index in [0.717, 1.165) is 19.4 Å². The average molecular weight is 240 g/mol. The van der Waals surface area contributed by atoms with Gasteiger partial charge in [-0.15, -0.1) is 0 Å². The lowest BCUT2D eigenvalue weighted by atomic mass is 10.2. The van der Waals surface area contributed by atoms with E-state index in [2.05, 4.69) is 17.4 Å². The van der Waals surface area contributed by atoms with E-state index in [1.807, 2.05) is 6.92 Å². The van der Waals surface area contributed by atoms with Crippen LogP contribution < -0.4 is 16.0 Å². The molecule has 1 atom stereocenters. The van der Waals surface area contributed by atoms with Crippen LogP contribution in [0.25, 0.3) is 0 Å². The van der Waals surface area contributed by atoms with Crippen LogP contribution in [0.1, 0.15) is 33.1 Å². The molecule has 0 aromatic carbocycles. The SMILES string of the molecule is CCCC(Oc1cnn(CCC)c1)C(=O)NN. The summed E-state index contributed by atoms with van der Waals surface area (Å²) >= 11 is 0. The van der Waals surface area contributed by atoms with Gasteiger partial charge in [0.2, 0.25) is 0 Å². The molecule has 0 fully saturated rings. The molecule has 1 rings (SSSR count). The Labute approximate surface area is 101 Å². The topological polar surface area (TPSA) is 82.2 Å². The average Bonchev–Trinajstić information content (AvgIpc) is 2.76. The first-order valence-electron chi connectivity index (χ1n) is 5.90. The van der Waals surface area contributed by atoms with Gasteiger partial charge in [0.25, 0.3) is 5.91 Å². The summed E-state index contributed by atoms with van der Waals surface area (Å²) in [6.07, 6.45) is 5.33. The first kappa shape index (κ1) is 13.5. The monoisotopic (exact) mass is 240 g/mol. The summed E-state index contributed by atoms with van der Waals surface area (Å²) in [7, 11) is 0. The lowest BCUT2D eigenvalue weighted by Gasteiger charge is -2.15. The van der Waals surface area contributed by atoms with Crippen molar-refractivity contribution in [3.8, 4) is 5.75 Å². The van der Waals surface area contributed by atoms with Gasteiger partial charge in [0.05, 0.1) is 12.4 Å². The zero-order valence-electron chi connectivity index (χ0n) is 10.3. The highest BCUT2D eigenvalue weighted by atomic mass is 16.5. The van der Waals surface area contributed by atoms with E-state index in [4.69, 9.17) is 10.6 Å². The van der Waals surface area contributed by atoms with Gasteiger partial charge in [-0.25, -0.2) is 5.84 Å². The van der Waals surface area contributed by atoms with Gasteiger partial charge in [-0.1, -0.05) is 20.3 Å². The molecule has 1 aromatic rings. The number of aryl methyl sites for hydroxylation is 1. The van der Waals surface area contributed by atoms with E-state index < -0.39 is 6.10 Å². The summed E-state index contributed by atoms with van der Waals surface area (Å²) in [6.45, 7) is 4.90. The maximum Gasteiger partial charge on any atom is 0.274 e. The fourth-order valence-corrected chi connectivity index (χ4v) is 1.52. The van der Waals surface area contributed by atoms with Crippen LogP contribution >= 0.6 is 0 Å². The van der Waals surface area contributed by atoms with Crippen LogP contribution in [0.15, 0.2) is 12.4 Å². The Morgan fingerprint density at radius 3 is 2.94 bits per heavy atom. The number of ether oxygens (including phenoxy) is 1. The third-order valence-corrected chi connectivity index (χ3v) is 2.33. The predicted octanol–water partition coefficient (Wildman–Crippen LogP) is 0.831.